The van der Waals surface area contributed by atoms with Crippen molar-refractivity contribution >= 4 is 0 Å². The molecule has 6 atom stereocenters. The fourth-order valence-corrected chi connectivity index (χ4v) is 6.48. The molecule has 4 aliphatic rings. The quantitative estimate of drug-likeness (QED) is 0.789. The topological polar surface area (TPSA) is 29.5 Å². The van der Waals surface area contributed by atoms with Crippen LogP contribution in [0.25, 0.3) is 0 Å². The van der Waals surface area contributed by atoms with E-state index in [-0.39, 0.29) is 23.5 Å². The number of hydrogen-bond acceptors (Lipinski definition) is 2. The van der Waals surface area contributed by atoms with Crippen LogP contribution in [0.1, 0.15) is 69.8 Å². The summed E-state index contributed by atoms with van der Waals surface area (Å²) in [4.78, 5) is 0. The van der Waals surface area contributed by atoms with Gasteiger partial charge in [0, 0.05) is 10.5 Å². The number of aliphatic hydroxyl groups is 1. The Morgan fingerprint density at radius 1 is 1.26 bits per heavy atom. The molecule has 2 heteroatoms. The lowest BCUT2D eigenvalue weighted by Crippen LogP contribution is -2.50. The third-order valence-corrected chi connectivity index (χ3v) is 7.94. The molecule has 0 amide bonds. The minimum absolute atomic E-state index is 0.112. The van der Waals surface area contributed by atoms with Gasteiger partial charge in [-0.25, -0.2) is 0 Å². The third kappa shape index (κ3) is 2.17. The molecule has 2 saturated carbocycles. The fraction of sp³-hybridized carbons (Fsp3) is 0.810. The van der Waals surface area contributed by atoms with Crippen molar-refractivity contribution in [2.75, 3.05) is 6.61 Å². The van der Waals surface area contributed by atoms with Crippen molar-refractivity contribution in [3.05, 3.63) is 23.5 Å². The second-order valence-corrected chi connectivity index (χ2v) is 8.73. The van der Waals surface area contributed by atoms with Crippen molar-refractivity contribution in [3.8, 4) is 0 Å². The highest BCUT2D eigenvalue weighted by Gasteiger charge is 2.58. The summed E-state index contributed by atoms with van der Waals surface area (Å²) >= 11 is 0. The Hall–Kier alpha value is -0.760. The molecule has 4 rings (SSSR count). The molecule has 0 spiro atoms. The lowest BCUT2D eigenvalue weighted by molar-refractivity contribution is -0.0635. The third-order valence-electron chi connectivity index (χ3n) is 7.94. The van der Waals surface area contributed by atoms with Crippen molar-refractivity contribution < 1.29 is 14.0 Å². The second kappa shape index (κ2) is 5.37. The number of fused-ring (bicyclic) bond motifs is 5. The summed E-state index contributed by atoms with van der Waals surface area (Å²) in [6, 6.07) is 0. The van der Waals surface area contributed by atoms with Gasteiger partial charge in [0.1, 0.15) is 0 Å². The highest BCUT2D eigenvalue weighted by molar-refractivity contribution is 5.35. The summed E-state index contributed by atoms with van der Waals surface area (Å²) in [5.41, 5.74) is 1.64. The summed E-state index contributed by atoms with van der Waals surface area (Å²) in [7, 11) is 0. The largest absolute Gasteiger partial charge is 0.498 e. The average molecular weight is 320 g/mol. The van der Waals surface area contributed by atoms with E-state index in [0.717, 1.165) is 37.9 Å². The van der Waals surface area contributed by atoms with Gasteiger partial charge in [0.2, 0.25) is 0 Å². The van der Waals surface area contributed by atoms with Crippen molar-refractivity contribution in [1.82, 2.24) is 0 Å². The van der Waals surface area contributed by atoms with Gasteiger partial charge in [-0.15, -0.1) is 0 Å². The zero-order valence-corrected chi connectivity index (χ0v) is 14.5. The van der Waals surface area contributed by atoms with Crippen LogP contribution in [0.3, 0.4) is 0 Å². The van der Waals surface area contributed by atoms with Gasteiger partial charge in [-0.2, -0.15) is 0 Å². The molecule has 0 aliphatic heterocycles. The van der Waals surface area contributed by atoms with E-state index < -0.39 is 6.85 Å². The van der Waals surface area contributed by atoms with Crippen molar-refractivity contribution in [2.45, 2.75) is 71.7 Å². The molecule has 2 fully saturated rings. The van der Waals surface area contributed by atoms with E-state index in [4.69, 9.17) is 8.85 Å². The molecule has 0 saturated heterocycles. The van der Waals surface area contributed by atoms with Crippen molar-refractivity contribution in [1.29, 1.82) is 0 Å². The van der Waals surface area contributed by atoms with E-state index in [1.807, 2.05) is 0 Å². The molecule has 0 radical (unpaired) electrons. The van der Waals surface area contributed by atoms with Crippen LogP contribution in [0, 0.1) is 28.6 Å². The first-order valence-electron chi connectivity index (χ1n) is 10.9. The first kappa shape index (κ1) is 12.6. The zero-order chi connectivity index (χ0) is 18.7. The van der Waals surface area contributed by atoms with E-state index in [2.05, 4.69) is 26.0 Å². The zero-order valence-electron chi connectivity index (χ0n) is 17.5. The Morgan fingerprint density at radius 3 is 2.96 bits per heavy atom. The molecule has 0 bridgehead atoms. The van der Waals surface area contributed by atoms with Gasteiger partial charge in [-0.1, -0.05) is 19.9 Å². The number of rotatable bonds is 2. The van der Waals surface area contributed by atoms with E-state index in [9.17, 15) is 5.11 Å². The van der Waals surface area contributed by atoms with Crippen molar-refractivity contribution in [2.24, 2.45) is 28.6 Å². The maximum absolute atomic E-state index is 10.5. The van der Waals surface area contributed by atoms with Gasteiger partial charge >= 0.3 is 0 Å². The highest BCUT2D eigenvalue weighted by Crippen LogP contribution is 2.64. The monoisotopic (exact) mass is 319 g/mol. The van der Waals surface area contributed by atoms with Crippen LogP contribution in [0.5, 0.6) is 0 Å². The van der Waals surface area contributed by atoms with Crippen LogP contribution in [-0.2, 0) is 4.74 Å². The lowest BCUT2D eigenvalue weighted by atomic mass is 9.48. The van der Waals surface area contributed by atoms with Crippen LogP contribution in [-0.4, -0.2) is 17.8 Å². The summed E-state index contributed by atoms with van der Waals surface area (Å²) in [5, 5.41) is 10.5. The van der Waals surface area contributed by atoms with Gasteiger partial charge in [-0.05, 0) is 85.6 Å². The van der Waals surface area contributed by atoms with Crippen LogP contribution < -0.4 is 0 Å². The summed E-state index contributed by atoms with van der Waals surface area (Å²) < 4.78 is 27.6. The Labute approximate surface area is 145 Å². The molecular formula is C21H32O2. The molecule has 4 aliphatic carbocycles. The summed E-state index contributed by atoms with van der Waals surface area (Å²) in [6.07, 6.45) is 11.8. The molecule has 1 N–H and O–H groups in total. The van der Waals surface area contributed by atoms with E-state index in [1.165, 1.54) is 18.4 Å². The normalized spacial score (nSPS) is 51.2. The first-order valence-corrected chi connectivity index (χ1v) is 9.36. The molecule has 128 valence electrons. The van der Waals surface area contributed by atoms with Gasteiger partial charge < -0.3 is 9.84 Å². The van der Waals surface area contributed by atoms with Gasteiger partial charge in [-0.3, -0.25) is 0 Å². The molecule has 0 aromatic heterocycles. The Bertz CT molecular complexity index is 638. The van der Waals surface area contributed by atoms with E-state index >= 15 is 0 Å². The highest BCUT2D eigenvalue weighted by atomic mass is 16.5. The van der Waals surface area contributed by atoms with E-state index in [0.29, 0.717) is 17.8 Å². The Morgan fingerprint density at radius 2 is 2.13 bits per heavy atom. The molecule has 0 heterocycles. The minimum atomic E-state index is -2.04. The number of ether oxygens (including phenoxy) is 1. The maximum atomic E-state index is 10.5. The van der Waals surface area contributed by atoms with Crippen LogP contribution in [0.2, 0.25) is 0 Å². The lowest BCUT2D eigenvalue weighted by Gasteiger charge is -2.56. The fourth-order valence-electron chi connectivity index (χ4n) is 6.48. The number of aliphatic hydroxyl groups excluding tert-OH is 1. The van der Waals surface area contributed by atoms with Gasteiger partial charge in [0.05, 0.1) is 18.5 Å². The SMILES string of the molecule is [2H]C([2H])([2H])COC1=CC2=CC[C@@H]3[C@H](CC[C@]4(C)C(O)CC[C@@H]34)[C@@]2(C)CC1. The number of hydrogen-bond donors (Lipinski definition) is 1. The minimum Gasteiger partial charge on any atom is -0.498 e. The van der Waals surface area contributed by atoms with Gasteiger partial charge in [0.15, 0.2) is 0 Å². The molecular weight excluding hydrogens is 284 g/mol. The molecule has 1 unspecified atom stereocenters. The predicted octanol–water partition coefficient (Wildman–Crippen LogP) is 4.84. The summed E-state index contributed by atoms with van der Waals surface area (Å²) in [5.74, 6) is 2.83. The second-order valence-electron chi connectivity index (χ2n) is 8.73. The van der Waals surface area contributed by atoms with Crippen LogP contribution >= 0.6 is 0 Å². The molecule has 0 aromatic carbocycles. The predicted molar refractivity (Wildman–Crippen MR) is 92.8 cm³/mol. The molecule has 23 heavy (non-hydrogen) atoms. The van der Waals surface area contributed by atoms with Crippen molar-refractivity contribution in [3.63, 3.8) is 0 Å². The standard InChI is InChI=1S/C21H32O2/c1-4-23-15-9-11-20(2)14(13-15)5-6-16-17-7-8-19(22)21(17,3)12-10-18(16)20/h5,13,16-19,22H,4,6-12H2,1-3H3/t16-,17-,18-,19?,20-,21-/m0/s1/i1D3. The van der Waals surface area contributed by atoms with Crippen LogP contribution in [0.4, 0.5) is 0 Å². The number of allylic oxidation sites excluding steroid dienone is 4. The maximum Gasteiger partial charge on any atom is 0.0962 e. The Balaban J connectivity index is 1.57. The molecule has 0 aromatic rings. The van der Waals surface area contributed by atoms with Crippen LogP contribution in [0.15, 0.2) is 23.5 Å². The first-order chi connectivity index (χ1) is 12.1. The van der Waals surface area contributed by atoms with E-state index in [1.54, 1.807) is 0 Å². The Kier molecular flexibility index (Phi) is 2.94. The average Bonchev–Trinajstić information content (AvgIpc) is 2.87. The molecule has 2 nitrogen and oxygen atoms in total. The smallest absolute Gasteiger partial charge is 0.0962 e. The van der Waals surface area contributed by atoms with Gasteiger partial charge in [0.25, 0.3) is 0 Å². The summed E-state index contributed by atoms with van der Waals surface area (Å²) in [6.45, 7) is 2.48.